The molecule has 1 aromatic carbocycles. The second-order valence-electron chi connectivity index (χ2n) is 4.00. The van der Waals surface area contributed by atoms with Crippen molar-refractivity contribution in [3.05, 3.63) is 30.1 Å². The minimum absolute atomic E-state index is 0.135. The van der Waals surface area contributed by atoms with Crippen molar-refractivity contribution in [3.63, 3.8) is 0 Å². The predicted molar refractivity (Wildman–Crippen MR) is 73.2 cm³/mol. The molecule has 0 aliphatic heterocycles. The minimum atomic E-state index is -0.333. The van der Waals surface area contributed by atoms with Gasteiger partial charge in [-0.05, 0) is 26.0 Å². The zero-order valence-electron chi connectivity index (χ0n) is 11.0. The van der Waals surface area contributed by atoms with Gasteiger partial charge in [0.15, 0.2) is 5.82 Å². The van der Waals surface area contributed by atoms with Crippen LogP contribution in [0, 0.1) is 5.82 Å². The quantitative estimate of drug-likeness (QED) is 0.912. The van der Waals surface area contributed by atoms with E-state index in [4.69, 9.17) is 5.73 Å². The number of hydrogen-bond donors (Lipinski definition) is 1. The fourth-order valence-corrected chi connectivity index (χ4v) is 1.79. The summed E-state index contributed by atoms with van der Waals surface area (Å²) in [6, 6.07) is 6.10. The Hall–Kier alpha value is -2.24. The van der Waals surface area contributed by atoms with Crippen molar-refractivity contribution >= 4 is 11.9 Å². The number of nitrogen functional groups attached to an aromatic ring is 1. The molecule has 0 saturated carbocycles. The predicted octanol–water partition coefficient (Wildman–Crippen LogP) is 2.11. The molecular weight excluding hydrogens is 245 g/mol. The van der Waals surface area contributed by atoms with Gasteiger partial charge in [-0.1, -0.05) is 12.1 Å². The summed E-state index contributed by atoms with van der Waals surface area (Å²) in [5.74, 6) is 0.697. The molecule has 0 spiro atoms. The second-order valence-corrected chi connectivity index (χ2v) is 4.00. The van der Waals surface area contributed by atoms with Crippen molar-refractivity contribution in [1.82, 2.24) is 15.0 Å². The van der Waals surface area contributed by atoms with Crippen LogP contribution in [-0.4, -0.2) is 28.0 Å². The Morgan fingerprint density at radius 1 is 1.16 bits per heavy atom. The van der Waals surface area contributed by atoms with E-state index < -0.39 is 0 Å². The van der Waals surface area contributed by atoms with Crippen LogP contribution in [0.15, 0.2) is 24.3 Å². The first-order chi connectivity index (χ1) is 9.13. The van der Waals surface area contributed by atoms with Crippen LogP contribution < -0.4 is 10.6 Å². The number of rotatable bonds is 4. The van der Waals surface area contributed by atoms with Crippen LogP contribution in [0.4, 0.5) is 16.3 Å². The van der Waals surface area contributed by atoms with E-state index >= 15 is 0 Å². The Balaban J connectivity index is 2.47. The number of benzene rings is 1. The fraction of sp³-hybridized carbons (Fsp3) is 0.308. The third-order valence-corrected chi connectivity index (χ3v) is 2.77. The van der Waals surface area contributed by atoms with Crippen molar-refractivity contribution < 1.29 is 4.39 Å². The molecular formula is C13H16FN5. The molecule has 0 saturated heterocycles. The molecule has 2 rings (SSSR count). The largest absolute Gasteiger partial charge is 0.368 e. The van der Waals surface area contributed by atoms with E-state index in [1.165, 1.54) is 12.1 Å². The summed E-state index contributed by atoms with van der Waals surface area (Å²) in [5, 5.41) is 0. The van der Waals surface area contributed by atoms with Crippen molar-refractivity contribution in [2.45, 2.75) is 13.8 Å². The van der Waals surface area contributed by atoms with Crippen molar-refractivity contribution in [1.29, 1.82) is 0 Å². The minimum Gasteiger partial charge on any atom is -0.368 e. The monoisotopic (exact) mass is 261 g/mol. The molecule has 0 aliphatic rings. The van der Waals surface area contributed by atoms with Crippen molar-refractivity contribution in [2.24, 2.45) is 0 Å². The van der Waals surface area contributed by atoms with Crippen LogP contribution in [0.25, 0.3) is 11.4 Å². The number of hydrogen-bond acceptors (Lipinski definition) is 5. The maximum absolute atomic E-state index is 13.2. The lowest BCUT2D eigenvalue weighted by molar-refractivity contribution is 0.628. The van der Waals surface area contributed by atoms with Gasteiger partial charge >= 0.3 is 0 Å². The lowest BCUT2D eigenvalue weighted by Crippen LogP contribution is -2.25. The Morgan fingerprint density at radius 2 is 1.89 bits per heavy atom. The van der Waals surface area contributed by atoms with Gasteiger partial charge in [-0.2, -0.15) is 15.0 Å². The Bertz CT molecular complexity index is 569. The molecule has 2 aromatic rings. The molecule has 19 heavy (non-hydrogen) atoms. The first-order valence-electron chi connectivity index (χ1n) is 6.16. The van der Waals surface area contributed by atoms with Gasteiger partial charge in [0.25, 0.3) is 0 Å². The maximum atomic E-state index is 13.2. The van der Waals surface area contributed by atoms with Gasteiger partial charge in [0.05, 0.1) is 0 Å². The molecule has 0 radical (unpaired) electrons. The zero-order valence-corrected chi connectivity index (χ0v) is 11.0. The fourth-order valence-electron chi connectivity index (χ4n) is 1.79. The van der Waals surface area contributed by atoms with Crippen LogP contribution >= 0.6 is 0 Å². The lowest BCUT2D eigenvalue weighted by Gasteiger charge is -2.18. The molecule has 1 aromatic heterocycles. The number of nitrogens with two attached hydrogens (primary N) is 1. The molecule has 0 unspecified atom stereocenters. The summed E-state index contributed by atoms with van der Waals surface area (Å²) < 4.78 is 13.2. The third kappa shape index (κ3) is 2.96. The molecule has 0 amide bonds. The highest BCUT2D eigenvalue weighted by atomic mass is 19.1. The maximum Gasteiger partial charge on any atom is 0.230 e. The first-order valence-corrected chi connectivity index (χ1v) is 6.16. The standard InChI is InChI=1S/C13H16FN5/c1-3-19(4-2)13-17-11(16-12(15)18-13)9-6-5-7-10(14)8-9/h5-8H,3-4H2,1-2H3,(H2,15,16,17,18). The molecule has 1 heterocycles. The average Bonchev–Trinajstić information content (AvgIpc) is 2.39. The Labute approximate surface area is 111 Å². The van der Waals surface area contributed by atoms with Gasteiger partial charge in [-0.25, -0.2) is 4.39 Å². The van der Waals surface area contributed by atoms with Crippen LogP contribution in [-0.2, 0) is 0 Å². The highest BCUT2D eigenvalue weighted by Crippen LogP contribution is 2.19. The Kier molecular flexibility index (Phi) is 3.89. The van der Waals surface area contributed by atoms with E-state index in [1.54, 1.807) is 12.1 Å². The van der Waals surface area contributed by atoms with E-state index in [-0.39, 0.29) is 11.8 Å². The normalized spacial score (nSPS) is 10.5. The topological polar surface area (TPSA) is 67.9 Å². The smallest absolute Gasteiger partial charge is 0.230 e. The van der Waals surface area contributed by atoms with E-state index in [0.29, 0.717) is 17.3 Å². The van der Waals surface area contributed by atoms with E-state index in [1.807, 2.05) is 18.7 Å². The summed E-state index contributed by atoms with van der Waals surface area (Å²) in [5.41, 5.74) is 6.29. The summed E-state index contributed by atoms with van der Waals surface area (Å²) in [6.45, 7) is 5.54. The second kappa shape index (κ2) is 5.60. The van der Waals surface area contributed by atoms with Crippen LogP contribution in [0.3, 0.4) is 0 Å². The number of nitrogens with zero attached hydrogens (tertiary/aromatic N) is 4. The highest BCUT2D eigenvalue weighted by molar-refractivity contribution is 5.57. The van der Waals surface area contributed by atoms with Gasteiger partial charge in [-0.15, -0.1) is 0 Å². The molecule has 2 N–H and O–H groups in total. The molecule has 6 heteroatoms. The first kappa shape index (κ1) is 13.2. The molecule has 5 nitrogen and oxygen atoms in total. The van der Waals surface area contributed by atoms with E-state index in [0.717, 1.165) is 13.1 Å². The van der Waals surface area contributed by atoms with Crippen LogP contribution in [0.1, 0.15) is 13.8 Å². The Morgan fingerprint density at radius 3 is 2.53 bits per heavy atom. The average molecular weight is 261 g/mol. The van der Waals surface area contributed by atoms with Gasteiger partial charge in [0.2, 0.25) is 11.9 Å². The number of anilines is 2. The van der Waals surface area contributed by atoms with Crippen LogP contribution in [0.5, 0.6) is 0 Å². The van der Waals surface area contributed by atoms with Gasteiger partial charge < -0.3 is 10.6 Å². The van der Waals surface area contributed by atoms with Crippen molar-refractivity contribution in [3.8, 4) is 11.4 Å². The van der Waals surface area contributed by atoms with E-state index in [9.17, 15) is 4.39 Å². The van der Waals surface area contributed by atoms with Gasteiger partial charge in [0, 0.05) is 18.7 Å². The lowest BCUT2D eigenvalue weighted by atomic mass is 10.2. The number of aromatic nitrogens is 3. The summed E-state index contributed by atoms with van der Waals surface area (Å²) in [4.78, 5) is 14.5. The summed E-state index contributed by atoms with van der Waals surface area (Å²) in [7, 11) is 0. The summed E-state index contributed by atoms with van der Waals surface area (Å²) in [6.07, 6.45) is 0. The zero-order chi connectivity index (χ0) is 13.8. The highest BCUT2D eigenvalue weighted by Gasteiger charge is 2.11. The molecule has 0 bridgehead atoms. The summed E-state index contributed by atoms with van der Waals surface area (Å²) >= 11 is 0. The van der Waals surface area contributed by atoms with E-state index in [2.05, 4.69) is 15.0 Å². The van der Waals surface area contributed by atoms with Gasteiger partial charge in [-0.3, -0.25) is 0 Å². The molecule has 0 atom stereocenters. The van der Waals surface area contributed by atoms with Crippen molar-refractivity contribution in [2.75, 3.05) is 23.7 Å². The number of halogens is 1. The van der Waals surface area contributed by atoms with Crippen LogP contribution in [0.2, 0.25) is 0 Å². The molecule has 0 aliphatic carbocycles. The molecule has 100 valence electrons. The van der Waals surface area contributed by atoms with Gasteiger partial charge in [0.1, 0.15) is 5.82 Å². The third-order valence-electron chi connectivity index (χ3n) is 2.77. The SMILES string of the molecule is CCN(CC)c1nc(N)nc(-c2cccc(F)c2)n1. The molecule has 0 fully saturated rings.